The molecule has 46 valence electrons. The Bertz CT molecular complexity index is 193. The molecule has 0 aromatic carbocycles. The third-order valence-electron chi connectivity index (χ3n) is 0.831. The van der Waals surface area contributed by atoms with Gasteiger partial charge in [-0.25, -0.2) is 9.97 Å². The average Bonchev–Trinajstić information content (AvgIpc) is 1.91. The van der Waals surface area contributed by atoms with Crippen molar-refractivity contribution in [2.24, 2.45) is 5.73 Å². The maximum atomic E-state index is 5.10. The van der Waals surface area contributed by atoms with Gasteiger partial charge in [0.15, 0.2) is 5.82 Å². The third kappa shape index (κ3) is 1.53. The van der Waals surface area contributed by atoms with Gasteiger partial charge < -0.3 is 5.73 Å². The molecule has 0 unspecified atom stereocenters. The standard InChI is InChI=1S/C6H7N3/c7-3-2-6-8-4-1-5-9-6/h1-5H,7H2. The van der Waals surface area contributed by atoms with E-state index >= 15 is 0 Å². The van der Waals surface area contributed by atoms with Crippen LogP contribution in [0.25, 0.3) is 6.08 Å². The predicted molar refractivity (Wildman–Crippen MR) is 35.3 cm³/mol. The van der Waals surface area contributed by atoms with Crippen molar-refractivity contribution in [2.45, 2.75) is 0 Å². The molecule has 0 aliphatic heterocycles. The zero-order valence-corrected chi connectivity index (χ0v) is 4.86. The van der Waals surface area contributed by atoms with E-state index in [2.05, 4.69) is 9.97 Å². The van der Waals surface area contributed by atoms with E-state index in [4.69, 9.17) is 5.73 Å². The fourth-order valence-corrected chi connectivity index (χ4v) is 0.483. The van der Waals surface area contributed by atoms with Crippen molar-refractivity contribution in [3.05, 3.63) is 30.5 Å². The summed E-state index contributed by atoms with van der Waals surface area (Å²) in [5.74, 6) is 0.639. The van der Waals surface area contributed by atoms with Crippen molar-refractivity contribution >= 4 is 6.08 Å². The van der Waals surface area contributed by atoms with Crippen LogP contribution in [0.1, 0.15) is 5.82 Å². The second kappa shape index (κ2) is 2.81. The topological polar surface area (TPSA) is 51.8 Å². The molecule has 0 bridgehead atoms. The molecule has 0 saturated heterocycles. The van der Waals surface area contributed by atoms with Gasteiger partial charge in [0, 0.05) is 12.4 Å². The van der Waals surface area contributed by atoms with Crippen LogP contribution in [-0.4, -0.2) is 9.97 Å². The van der Waals surface area contributed by atoms with Gasteiger partial charge in [-0.3, -0.25) is 0 Å². The monoisotopic (exact) mass is 121 g/mol. The van der Waals surface area contributed by atoms with Crippen LogP contribution < -0.4 is 5.73 Å². The van der Waals surface area contributed by atoms with E-state index < -0.39 is 0 Å². The summed E-state index contributed by atoms with van der Waals surface area (Å²) >= 11 is 0. The van der Waals surface area contributed by atoms with E-state index in [1.54, 1.807) is 24.5 Å². The molecule has 1 aromatic heterocycles. The lowest BCUT2D eigenvalue weighted by Gasteiger charge is -1.85. The summed E-state index contributed by atoms with van der Waals surface area (Å²) in [6.07, 6.45) is 6.39. The minimum absolute atomic E-state index is 0.639. The van der Waals surface area contributed by atoms with Gasteiger partial charge in [-0.1, -0.05) is 0 Å². The highest BCUT2D eigenvalue weighted by molar-refractivity contribution is 5.37. The van der Waals surface area contributed by atoms with E-state index in [-0.39, 0.29) is 0 Å². The molecule has 1 rings (SSSR count). The fraction of sp³-hybridized carbons (Fsp3) is 0. The molecular formula is C6H7N3. The van der Waals surface area contributed by atoms with Crippen LogP contribution in [0.2, 0.25) is 0 Å². The number of aromatic nitrogens is 2. The van der Waals surface area contributed by atoms with Crippen LogP contribution in [0.15, 0.2) is 24.7 Å². The van der Waals surface area contributed by atoms with E-state index in [9.17, 15) is 0 Å². The number of hydrogen-bond acceptors (Lipinski definition) is 3. The van der Waals surface area contributed by atoms with Crippen molar-refractivity contribution in [3.8, 4) is 0 Å². The first-order chi connectivity index (χ1) is 4.43. The van der Waals surface area contributed by atoms with Gasteiger partial charge in [0.05, 0.1) is 0 Å². The summed E-state index contributed by atoms with van der Waals surface area (Å²) in [5.41, 5.74) is 5.10. The lowest BCUT2D eigenvalue weighted by molar-refractivity contribution is 1.13. The summed E-state index contributed by atoms with van der Waals surface area (Å²) in [5, 5.41) is 0. The Labute approximate surface area is 53.3 Å². The normalized spacial score (nSPS) is 10.2. The fourth-order valence-electron chi connectivity index (χ4n) is 0.483. The Morgan fingerprint density at radius 2 is 2.00 bits per heavy atom. The van der Waals surface area contributed by atoms with Gasteiger partial charge in [-0.2, -0.15) is 0 Å². The molecule has 0 spiro atoms. The average molecular weight is 121 g/mol. The van der Waals surface area contributed by atoms with Crippen molar-refractivity contribution in [2.75, 3.05) is 0 Å². The first-order valence-electron chi connectivity index (χ1n) is 2.59. The molecule has 1 heterocycles. The van der Waals surface area contributed by atoms with Crippen LogP contribution in [0, 0.1) is 0 Å². The van der Waals surface area contributed by atoms with Gasteiger partial charge in [0.1, 0.15) is 0 Å². The molecule has 0 radical (unpaired) electrons. The van der Waals surface area contributed by atoms with E-state index in [1.807, 2.05) is 0 Å². The van der Waals surface area contributed by atoms with Gasteiger partial charge in [0.2, 0.25) is 0 Å². The molecule has 9 heavy (non-hydrogen) atoms. The lowest BCUT2D eigenvalue weighted by atomic mass is 10.5. The van der Waals surface area contributed by atoms with Gasteiger partial charge >= 0.3 is 0 Å². The van der Waals surface area contributed by atoms with Crippen LogP contribution in [0.5, 0.6) is 0 Å². The van der Waals surface area contributed by atoms with Gasteiger partial charge in [-0.05, 0) is 18.3 Å². The zero-order valence-electron chi connectivity index (χ0n) is 4.86. The van der Waals surface area contributed by atoms with Crippen molar-refractivity contribution in [3.63, 3.8) is 0 Å². The first-order valence-corrected chi connectivity index (χ1v) is 2.59. The van der Waals surface area contributed by atoms with Gasteiger partial charge in [-0.15, -0.1) is 0 Å². The molecule has 3 heteroatoms. The van der Waals surface area contributed by atoms with E-state index in [1.165, 1.54) is 6.20 Å². The second-order valence-electron chi connectivity index (χ2n) is 1.47. The molecule has 0 fully saturated rings. The van der Waals surface area contributed by atoms with E-state index in [0.717, 1.165) is 0 Å². The Balaban J connectivity index is 2.85. The van der Waals surface area contributed by atoms with Gasteiger partial charge in [0.25, 0.3) is 0 Å². The maximum Gasteiger partial charge on any atom is 0.153 e. The van der Waals surface area contributed by atoms with Crippen molar-refractivity contribution in [1.82, 2.24) is 9.97 Å². The maximum absolute atomic E-state index is 5.10. The van der Waals surface area contributed by atoms with E-state index in [0.29, 0.717) is 5.82 Å². The lowest BCUT2D eigenvalue weighted by Crippen LogP contribution is -1.84. The first kappa shape index (κ1) is 5.75. The molecule has 3 nitrogen and oxygen atoms in total. The molecule has 2 N–H and O–H groups in total. The molecule has 0 saturated carbocycles. The Hall–Kier alpha value is -1.38. The smallest absolute Gasteiger partial charge is 0.153 e. The number of hydrogen-bond donors (Lipinski definition) is 1. The highest BCUT2D eigenvalue weighted by atomic mass is 14.8. The zero-order chi connectivity index (χ0) is 6.53. The van der Waals surface area contributed by atoms with Crippen LogP contribution in [0.4, 0.5) is 0 Å². The SMILES string of the molecule is NC=Cc1ncccn1. The number of nitrogens with two attached hydrogens (primary N) is 1. The molecule has 0 aliphatic carbocycles. The quantitative estimate of drug-likeness (QED) is 0.585. The highest BCUT2D eigenvalue weighted by Gasteiger charge is 1.81. The summed E-state index contributed by atoms with van der Waals surface area (Å²) in [4.78, 5) is 7.78. The minimum atomic E-state index is 0.639. The summed E-state index contributed by atoms with van der Waals surface area (Å²) < 4.78 is 0. The van der Waals surface area contributed by atoms with Crippen LogP contribution in [-0.2, 0) is 0 Å². The Morgan fingerprint density at radius 1 is 1.33 bits per heavy atom. The predicted octanol–water partition coefficient (Wildman–Crippen LogP) is 0.406. The third-order valence-corrected chi connectivity index (χ3v) is 0.831. The molecule has 0 aliphatic rings. The molecule has 0 amide bonds. The summed E-state index contributed by atoms with van der Waals surface area (Å²) in [6.45, 7) is 0. The van der Waals surface area contributed by atoms with Crippen molar-refractivity contribution < 1.29 is 0 Å². The summed E-state index contributed by atoms with van der Waals surface area (Å²) in [7, 11) is 0. The molecular weight excluding hydrogens is 114 g/mol. The number of rotatable bonds is 1. The summed E-state index contributed by atoms with van der Waals surface area (Å²) in [6, 6.07) is 1.76. The molecule has 0 atom stereocenters. The molecule has 1 aromatic rings. The number of nitrogens with zero attached hydrogens (tertiary/aromatic N) is 2. The minimum Gasteiger partial charge on any atom is -0.404 e. The van der Waals surface area contributed by atoms with Crippen LogP contribution >= 0.6 is 0 Å². The Kier molecular flexibility index (Phi) is 1.80. The van der Waals surface area contributed by atoms with Crippen LogP contribution in [0.3, 0.4) is 0 Å². The van der Waals surface area contributed by atoms with Crippen molar-refractivity contribution in [1.29, 1.82) is 0 Å². The second-order valence-corrected chi connectivity index (χ2v) is 1.47. The highest BCUT2D eigenvalue weighted by Crippen LogP contribution is 1.87. The Morgan fingerprint density at radius 3 is 2.56 bits per heavy atom. The largest absolute Gasteiger partial charge is 0.404 e.